The normalized spacial score (nSPS) is 13.9. The van der Waals surface area contributed by atoms with Crippen molar-refractivity contribution in [3.05, 3.63) is 59.1 Å². The van der Waals surface area contributed by atoms with E-state index in [0.29, 0.717) is 5.75 Å². The van der Waals surface area contributed by atoms with Gasteiger partial charge in [0.1, 0.15) is 18.5 Å². The molecular weight excluding hydrogens is 553 g/mol. The molecule has 4 aromatic rings. The Balaban J connectivity index is 1.44. The average Bonchev–Trinajstić information content (AvgIpc) is 3.35. The molecule has 41 heavy (non-hydrogen) atoms. The molecule has 0 radical (unpaired) electrons. The molecule has 1 unspecified atom stereocenters. The SMILES string of the molecule is CCOC(=O)[C@H](C)NP(=O)(OCCOCn1cnc2c(=O)[nH]c(/N=C/N(C)C)nc21)Oc1cccc2ccccc12. The largest absolute Gasteiger partial charge is 0.465 e. The highest BCUT2D eigenvalue weighted by Crippen LogP contribution is 2.46. The Morgan fingerprint density at radius 3 is 2.78 bits per heavy atom. The summed E-state index contributed by atoms with van der Waals surface area (Å²) in [6, 6.07) is 11.8. The fraction of sp³-hybridized carbons (Fsp3) is 0.346. The van der Waals surface area contributed by atoms with Gasteiger partial charge in [-0.05, 0) is 25.3 Å². The Morgan fingerprint density at radius 1 is 1.22 bits per heavy atom. The van der Waals surface area contributed by atoms with Crippen LogP contribution in [0.1, 0.15) is 13.8 Å². The molecule has 2 atom stereocenters. The van der Waals surface area contributed by atoms with Crippen molar-refractivity contribution in [3.63, 3.8) is 0 Å². The minimum absolute atomic E-state index is 0.00709. The molecule has 0 aliphatic carbocycles. The second kappa shape index (κ2) is 13.5. The van der Waals surface area contributed by atoms with Crippen LogP contribution >= 0.6 is 7.75 Å². The van der Waals surface area contributed by atoms with Gasteiger partial charge in [-0.15, -0.1) is 0 Å². The number of carbonyl (C=O) groups is 1. The highest BCUT2D eigenvalue weighted by atomic mass is 31.2. The monoisotopic (exact) mass is 585 g/mol. The van der Waals surface area contributed by atoms with Crippen LogP contribution in [0.2, 0.25) is 0 Å². The maximum atomic E-state index is 13.8. The van der Waals surface area contributed by atoms with E-state index in [4.69, 9.17) is 18.5 Å². The summed E-state index contributed by atoms with van der Waals surface area (Å²) in [6.07, 6.45) is 2.93. The number of nitrogens with one attached hydrogen (secondary N) is 2. The van der Waals surface area contributed by atoms with Crippen LogP contribution in [0.3, 0.4) is 0 Å². The van der Waals surface area contributed by atoms with Crippen molar-refractivity contribution in [1.29, 1.82) is 0 Å². The molecule has 15 heteroatoms. The molecule has 14 nitrogen and oxygen atoms in total. The van der Waals surface area contributed by atoms with E-state index in [1.165, 1.54) is 24.2 Å². The number of imidazole rings is 1. The molecule has 0 spiro atoms. The van der Waals surface area contributed by atoms with Gasteiger partial charge >= 0.3 is 13.7 Å². The summed E-state index contributed by atoms with van der Waals surface area (Å²) in [4.78, 5) is 41.4. The smallest absolute Gasteiger partial charge is 0.459 e. The van der Waals surface area contributed by atoms with Crippen molar-refractivity contribution in [2.75, 3.05) is 33.9 Å². The Bertz CT molecular complexity index is 1630. The zero-order valence-corrected chi connectivity index (χ0v) is 24.0. The first-order valence-electron chi connectivity index (χ1n) is 12.8. The van der Waals surface area contributed by atoms with Crippen LogP contribution in [0, 0.1) is 0 Å². The maximum Gasteiger partial charge on any atom is 0.459 e. The van der Waals surface area contributed by atoms with Gasteiger partial charge in [-0.2, -0.15) is 10.1 Å². The number of aliphatic imine (C=N–C) groups is 1. The van der Waals surface area contributed by atoms with E-state index in [2.05, 4.69) is 25.0 Å². The Kier molecular flexibility index (Phi) is 9.84. The van der Waals surface area contributed by atoms with E-state index >= 15 is 0 Å². The average molecular weight is 586 g/mol. The van der Waals surface area contributed by atoms with Gasteiger partial charge in [-0.25, -0.2) is 14.5 Å². The van der Waals surface area contributed by atoms with Gasteiger partial charge in [-0.3, -0.25) is 23.7 Å². The van der Waals surface area contributed by atoms with Crippen LogP contribution in [0.25, 0.3) is 21.9 Å². The summed E-state index contributed by atoms with van der Waals surface area (Å²) in [7, 11) is -0.493. The summed E-state index contributed by atoms with van der Waals surface area (Å²) in [5, 5.41) is 4.26. The standard InChI is InChI=1S/C26H32N7O7P/c1-5-38-25(35)18(2)31-41(36,40-21-12-8-10-19-9-6-7-11-20(19)21)39-14-13-37-17-33-16-27-22-23(33)29-26(30-24(22)34)28-15-32(3)4/h6-12,15-16,18H,5,13-14,17H2,1-4H3,(H,31,36)(H,29,30,34)/b28-15+/t18-,41?/m0/s1. The van der Waals surface area contributed by atoms with Crippen molar-refractivity contribution in [1.82, 2.24) is 29.5 Å². The first kappa shape index (κ1) is 29.9. The molecule has 0 saturated carbocycles. The van der Waals surface area contributed by atoms with E-state index < -0.39 is 25.3 Å². The second-order valence-corrected chi connectivity index (χ2v) is 10.7. The molecule has 0 fully saturated rings. The molecule has 0 amide bonds. The predicted octanol–water partition coefficient (Wildman–Crippen LogP) is 3.21. The lowest BCUT2D eigenvalue weighted by Crippen LogP contribution is -2.35. The molecule has 0 bridgehead atoms. The molecule has 2 aromatic carbocycles. The summed E-state index contributed by atoms with van der Waals surface area (Å²) in [5.41, 5.74) is -0.00874. The van der Waals surface area contributed by atoms with Crippen LogP contribution in [0.5, 0.6) is 5.75 Å². The van der Waals surface area contributed by atoms with Crippen LogP contribution in [-0.4, -0.2) is 76.7 Å². The van der Waals surface area contributed by atoms with E-state index in [-0.39, 0.29) is 43.7 Å². The fourth-order valence-corrected chi connectivity index (χ4v) is 5.19. The van der Waals surface area contributed by atoms with Gasteiger partial charge in [-0.1, -0.05) is 36.4 Å². The van der Waals surface area contributed by atoms with Gasteiger partial charge < -0.3 is 18.9 Å². The Hall–Kier alpha value is -4.10. The first-order valence-corrected chi connectivity index (χ1v) is 14.3. The molecular formula is C26H32N7O7P. The van der Waals surface area contributed by atoms with E-state index in [1.54, 1.807) is 38.1 Å². The molecule has 4 rings (SSSR count). The van der Waals surface area contributed by atoms with E-state index in [9.17, 15) is 14.2 Å². The molecule has 218 valence electrons. The number of esters is 1. The summed E-state index contributed by atoms with van der Waals surface area (Å²) >= 11 is 0. The molecule has 0 aliphatic rings. The number of nitrogens with zero attached hydrogens (tertiary/aromatic N) is 5. The fourth-order valence-electron chi connectivity index (χ4n) is 3.70. The molecule has 2 heterocycles. The quantitative estimate of drug-likeness (QED) is 0.0735. The van der Waals surface area contributed by atoms with Crippen molar-refractivity contribution in [2.24, 2.45) is 4.99 Å². The zero-order chi connectivity index (χ0) is 29.4. The summed E-state index contributed by atoms with van der Waals surface area (Å²) in [5.74, 6) is -0.155. The Labute approximate surface area is 235 Å². The van der Waals surface area contributed by atoms with Gasteiger partial charge in [0.2, 0.25) is 5.95 Å². The van der Waals surface area contributed by atoms with Gasteiger partial charge in [0.05, 0.1) is 32.5 Å². The highest BCUT2D eigenvalue weighted by Gasteiger charge is 2.32. The predicted molar refractivity (Wildman–Crippen MR) is 153 cm³/mol. The van der Waals surface area contributed by atoms with Crippen LogP contribution < -0.4 is 15.2 Å². The number of H-pyrrole nitrogens is 1. The lowest BCUT2D eigenvalue weighted by Gasteiger charge is -2.23. The number of rotatable bonds is 14. The van der Waals surface area contributed by atoms with Gasteiger partial charge in [0.15, 0.2) is 11.2 Å². The lowest BCUT2D eigenvalue weighted by atomic mass is 10.1. The number of hydrogen-bond donors (Lipinski definition) is 2. The van der Waals surface area contributed by atoms with Crippen LogP contribution in [0.15, 0.2) is 58.6 Å². The van der Waals surface area contributed by atoms with Gasteiger partial charge in [0, 0.05) is 19.5 Å². The Morgan fingerprint density at radius 2 is 2.00 bits per heavy atom. The molecule has 2 aromatic heterocycles. The van der Waals surface area contributed by atoms with Crippen molar-refractivity contribution >= 4 is 47.9 Å². The summed E-state index contributed by atoms with van der Waals surface area (Å²) < 4.78 is 37.6. The number of fused-ring (bicyclic) bond motifs is 2. The number of carbonyl (C=O) groups excluding carboxylic acids is 1. The van der Waals surface area contributed by atoms with Crippen molar-refractivity contribution in [2.45, 2.75) is 26.6 Å². The summed E-state index contributed by atoms with van der Waals surface area (Å²) in [6.45, 7) is 3.18. The number of benzene rings is 2. The van der Waals surface area contributed by atoms with Crippen LogP contribution in [-0.2, 0) is 30.1 Å². The first-order chi connectivity index (χ1) is 19.7. The number of aromatic amines is 1. The highest BCUT2D eigenvalue weighted by molar-refractivity contribution is 7.52. The van der Waals surface area contributed by atoms with E-state index in [1.807, 2.05) is 30.3 Å². The van der Waals surface area contributed by atoms with Gasteiger partial charge in [0.25, 0.3) is 5.56 Å². The number of aromatic nitrogens is 4. The maximum absolute atomic E-state index is 13.8. The van der Waals surface area contributed by atoms with Crippen molar-refractivity contribution < 1.29 is 27.9 Å². The van der Waals surface area contributed by atoms with E-state index in [0.717, 1.165) is 10.8 Å². The molecule has 2 N–H and O–H groups in total. The third-order valence-electron chi connectivity index (χ3n) is 5.55. The van der Waals surface area contributed by atoms with Crippen LogP contribution in [0.4, 0.5) is 5.95 Å². The lowest BCUT2D eigenvalue weighted by molar-refractivity contribution is -0.144. The third-order valence-corrected chi connectivity index (χ3v) is 7.22. The zero-order valence-electron chi connectivity index (χ0n) is 23.1. The topological polar surface area (TPSA) is 162 Å². The number of hydrogen-bond acceptors (Lipinski definition) is 10. The minimum atomic E-state index is -4.08. The minimum Gasteiger partial charge on any atom is -0.465 e. The van der Waals surface area contributed by atoms with Crippen molar-refractivity contribution in [3.8, 4) is 5.75 Å². The second-order valence-electron chi connectivity index (χ2n) is 9.02. The molecule has 0 saturated heterocycles. The number of ether oxygens (including phenoxy) is 2. The molecule has 0 aliphatic heterocycles. The third kappa shape index (κ3) is 7.76.